The average Bonchev–Trinajstić information content (AvgIpc) is 2.54. The molecule has 0 atom stereocenters. The Labute approximate surface area is 137 Å². The molecule has 0 saturated carbocycles. The average molecular weight is 328 g/mol. The van der Waals surface area contributed by atoms with Crippen molar-refractivity contribution >= 4 is 34.0 Å². The third-order valence-electron chi connectivity index (χ3n) is 3.60. The Morgan fingerprint density at radius 2 is 1.87 bits per heavy atom. The minimum atomic E-state index is -0.392. The van der Waals surface area contributed by atoms with Gasteiger partial charge in [0.15, 0.2) is 5.69 Å². The van der Waals surface area contributed by atoms with Gasteiger partial charge in [0.25, 0.3) is 11.5 Å². The van der Waals surface area contributed by atoms with Crippen LogP contribution in [0.5, 0.6) is 0 Å². The van der Waals surface area contributed by atoms with Crippen LogP contribution in [0.2, 0.25) is 5.02 Å². The molecule has 0 spiro atoms. The Hall–Kier alpha value is -2.66. The van der Waals surface area contributed by atoms with E-state index in [4.69, 9.17) is 11.6 Å². The van der Waals surface area contributed by atoms with Gasteiger partial charge in [-0.05, 0) is 30.7 Å². The molecular weight excluding hydrogens is 314 g/mol. The molecular formula is C17H14ClN3O2. The van der Waals surface area contributed by atoms with E-state index in [1.165, 1.54) is 11.7 Å². The molecule has 3 aromatic rings. The van der Waals surface area contributed by atoms with Crippen molar-refractivity contribution in [2.45, 2.75) is 6.92 Å². The summed E-state index contributed by atoms with van der Waals surface area (Å²) in [6.45, 7) is 1.88. The number of aryl methyl sites for hydroxylation is 2. The van der Waals surface area contributed by atoms with Gasteiger partial charge in [-0.1, -0.05) is 35.9 Å². The smallest absolute Gasteiger partial charge is 0.276 e. The lowest BCUT2D eigenvalue weighted by molar-refractivity contribution is 0.102. The first-order valence-corrected chi connectivity index (χ1v) is 7.39. The van der Waals surface area contributed by atoms with E-state index in [1.807, 2.05) is 13.0 Å². The fourth-order valence-electron chi connectivity index (χ4n) is 2.33. The Bertz CT molecular complexity index is 979. The zero-order valence-corrected chi connectivity index (χ0v) is 13.4. The molecule has 0 bridgehead atoms. The van der Waals surface area contributed by atoms with E-state index in [0.29, 0.717) is 21.5 Å². The first kappa shape index (κ1) is 15.2. The van der Waals surface area contributed by atoms with Crippen LogP contribution in [0.4, 0.5) is 5.69 Å². The standard InChI is InChI=1S/C17H14ClN3O2/c1-10-7-8-11(9-14(10)18)19-16(22)15-12-5-3-4-6-13(12)17(23)21(2)20-15/h3-9H,1-2H3,(H,19,22). The van der Waals surface area contributed by atoms with Gasteiger partial charge in [0.05, 0.1) is 5.39 Å². The van der Waals surface area contributed by atoms with Crippen LogP contribution in [0.25, 0.3) is 10.8 Å². The van der Waals surface area contributed by atoms with E-state index >= 15 is 0 Å². The number of halogens is 1. The summed E-state index contributed by atoms with van der Waals surface area (Å²) < 4.78 is 1.17. The Morgan fingerprint density at radius 3 is 2.57 bits per heavy atom. The summed E-state index contributed by atoms with van der Waals surface area (Å²) in [5.74, 6) is -0.392. The number of anilines is 1. The quantitative estimate of drug-likeness (QED) is 0.786. The second kappa shape index (κ2) is 5.85. The van der Waals surface area contributed by atoms with Crippen molar-refractivity contribution in [3.05, 3.63) is 69.1 Å². The van der Waals surface area contributed by atoms with Crippen LogP contribution in [0.15, 0.2) is 47.3 Å². The molecule has 6 heteroatoms. The van der Waals surface area contributed by atoms with E-state index in [9.17, 15) is 9.59 Å². The molecule has 0 saturated heterocycles. The number of carbonyl (C=O) groups is 1. The highest BCUT2D eigenvalue weighted by molar-refractivity contribution is 6.31. The highest BCUT2D eigenvalue weighted by Crippen LogP contribution is 2.21. The van der Waals surface area contributed by atoms with Gasteiger partial charge in [-0.25, -0.2) is 4.68 Å². The van der Waals surface area contributed by atoms with Gasteiger partial charge in [-0.15, -0.1) is 0 Å². The predicted molar refractivity (Wildman–Crippen MR) is 91.1 cm³/mol. The summed E-state index contributed by atoms with van der Waals surface area (Å²) in [4.78, 5) is 24.7. The molecule has 116 valence electrons. The lowest BCUT2D eigenvalue weighted by Gasteiger charge is -2.09. The summed E-state index contributed by atoms with van der Waals surface area (Å²) in [6.07, 6.45) is 0. The molecule has 2 aromatic carbocycles. The molecule has 1 amide bonds. The summed E-state index contributed by atoms with van der Waals surface area (Å²) >= 11 is 6.07. The van der Waals surface area contributed by atoms with E-state index in [2.05, 4.69) is 10.4 Å². The number of nitrogens with one attached hydrogen (secondary N) is 1. The second-order valence-electron chi connectivity index (χ2n) is 5.24. The van der Waals surface area contributed by atoms with Gasteiger partial charge >= 0.3 is 0 Å². The van der Waals surface area contributed by atoms with Gasteiger partial charge in [0.2, 0.25) is 0 Å². The number of nitrogens with zero attached hydrogens (tertiary/aromatic N) is 2. The minimum absolute atomic E-state index is 0.194. The van der Waals surface area contributed by atoms with Crippen molar-refractivity contribution in [3.8, 4) is 0 Å². The lowest BCUT2D eigenvalue weighted by Crippen LogP contribution is -2.25. The molecule has 23 heavy (non-hydrogen) atoms. The Balaban J connectivity index is 2.06. The molecule has 1 N–H and O–H groups in total. The summed E-state index contributed by atoms with van der Waals surface area (Å²) in [5.41, 5.74) is 1.45. The molecule has 0 radical (unpaired) electrons. The maximum Gasteiger partial charge on any atom is 0.276 e. The van der Waals surface area contributed by atoms with Crippen molar-refractivity contribution in [2.75, 3.05) is 5.32 Å². The maximum absolute atomic E-state index is 12.6. The minimum Gasteiger partial charge on any atom is -0.321 e. The molecule has 0 aliphatic carbocycles. The number of rotatable bonds is 2. The third-order valence-corrected chi connectivity index (χ3v) is 4.01. The van der Waals surface area contributed by atoms with Gasteiger partial charge in [0, 0.05) is 23.1 Å². The fourth-order valence-corrected chi connectivity index (χ4v) is 2.51. The monoisotopic (exact) mass is 327 g/mol. The number of benzene rings is 2. The predicted octanol–water partition coefficient (Wildman–Crippen LogP) is 3.15. The van der Waals surface area contributed by atoms with Crippen molar-refractivity contribution in [2.24, 2.45) is 7.05 Å². The summed E-state index contributed by atoms with van der Waals surface area (Å²) in [5, 5.41) is 8.41. The van der Waals surface area contributed by atoms with Crippen molar-refractivity contribution in [3.63, 3.8) is 0 Å². The SMILES string of the molecule is Cc1ccc(NC(=O)c2nn(C)c(=O)c3ccccc23)cc1Cl. The number of hydrogen-bond acceptors (Lipinski definition) is 3. The highest BCUT2D eigenvalue weighted by atomic mass is 35.5. The van der Waals surface area contributed by atoms with E-state index in [0.717, 1.165) is 5.56 Å². The largest absolute Gasteiger partial charge is 0.321 e. The maximum atomic E-state index is 12.6. The van der Waals surface area contributed by atoms with Crippen LogP contribution in [-0.4, -0.2) is 15.7 Å². The molecule has 3 rings (SSSR count). The topological polar surface area (TPSA) is 64.0 Å². The fraction of sp³-hybridized carbons (Fsp3) is 0.118. The number of fused-ring (bicyclic) bond motifs is 1. The molecule has 0 fully saturated rings. The van der Waals surface area contributed by atoms with Crippen LogP contribution in [0.1, 0.15) is 16.1 Å². The third kappa shape index (κ3) is 2.83. The number of hydrogen-bond donors (Lipinski definition) is 1. The Kier molecular flexibility index (Phi) is 3.88. The molecule has 0 aliphatic rings. The zero-order chi connectivity index (χ0) is 16.6. The van der Waals surface area contributed by atoms with Gasteiger partial charge < -0.3 is 5.32 Å². The number of carbonyl (C=O) groups excluding carboxylic acids is 1. The number of amides is 1. The van der Waals surface area contributed by atoms with E-state index in [1.54, 1.807) is 36.4 Å². The second-order valence-corrected chi connectivity index (χ2v) is 5.65. The molecule has 0 aliphatic heterocycles. The molecule has 1 aromatic heterocycles. The summed E-state index contributed by atoms with van der Waals surface area (Å²) in [6, 6.07) is 12.2. The molecule has 0 unspecified atom stereocenters. The van der Waals surface area contributed by atoms with Crippen LogP contribution in [0.3, 0.4) is 0 Å². The van der Waals surface area contributed by atoms with Crippen molar-refractivity contribution in [1.29, 1.82) is 0 Å². The van der Waals surface area contributed by atoms with Crippen molar-refractivity contribution < 1.29 is 4.79 Å². The van der Waals surface area contributed by atoms with Crippen molar-refractivity contribution in [1.82, 2.24) is 9.78 Å². The Morgan fingerprint density at radius 1 is 1.17 bits per heavy atom. The van der Waals surface area contributed by atoms with Gasteiger partial charge in [-0.3, -0.25) is 9.59 Å². The van der Waals surface area contributed by atoms with Gasteiger partial charge in [0.1, 0.15) is 0 Å². The van der Waals surface area contributed by atoms with Crippen LogP contribution >= 0.6 is 11.6 Å². The molecule has 5 nitrogen and oxygen atoms in total. The van der Waals surface area contributed by atoms with Crippen LogP contribution in [-0.2, 0) is 7.05 Å². The van der Waals surface area contributed by atoms with Crippen LogP contribution in [0, 0.1) is 6.92 Å². The normalized spacial score (nSPS) is 10.7. The van der Waals surface area contributed by atoms with Crippen LogP contribution < -0.4 is 10.9 Å². The van der Waals surface area contributed by atoms with Gasteiger partial charge in [-0.2, -0.15) is 5.10 Å². The first-order chi connectivity index (χ1) is 11.0. The lowest BCUT2D eigenvalue weighted by atomic mass is 10.1. The number of aromatic nitrogens is 2. The highest BCUT2D eigenvalue weighted by Gasteiger charge is 2.15. The molecule has 1 heterocycles. The first-order valence-electron chi connectivity index (χ1n) is 7.01. The van der Waals surface area contributed by atoms with E-state index in [-0.39, 0.29) is 11.3 Å². The zero-order valence-electron chi connectivity index (χ0n) is 12.6. The summed E-state index contributed by atoms with van der Waals surface area (Å²) in [7, 11) is 1.52. The van der Waals surface area contributed by atoms with E-state index < -0.39 is 5.91 Å².